The molecule has 1 amide bonds. The second kappa shape index (κ2) is 12.8. The zero-order valence-corrected chi connectivity index (χ0v) is 26.2. The van der Waals surface area contributed by atoms with Gasteiger partial charge in [0.2, 0.25) is 5.91 Å². The quantitative estimate of drug-likeness (QED) is 0.325. The van der Waals surface area contributed by atoms with E-state index in [-0.39, 0.29) is 24.5 Å². The standard InChI is InChI=1S/C35H43N7O2/c1-5-32(43)42-20-19-41(22-28(42)15-17-36)34-29-16-18-40(31-14-7-11-26-10-6-9-24(2)33(26)31)23-30(29)37-35(38-34)44-25(3)21-39(4)27-12-8-13-27/h5-7,9-11,14,25,27-28H,1,8,12-13,15-16,18-23H2,2-4H3/t25-,28?/m1/s1. The van der Waals surface area contributed by atoms with E-state index in [1.807, 2.05) is 0 Å². The molecule has 3 aliphatic rings. The van der Waals surface area contributed by atoms with E-state index in [4.69, 9.17) is 14.7 Å². The predicted molar refractivity (Wildman–Crippen MR) is 174 cm³/mol. The maximum absolute atomic E-state index is 12.6. The van der Waals surface area contributed by atoms with Gasteiger partial charge >= 0.3 is 6.01 Å². The van der Waals surface area contributed by atoms with Crippen LogP contribution >= 0.6 is 0 Å². The highest BCUT2D eigenvalue weighted by molar-refractivity contribution is 5.97. The number of ether oxygens (including phenoxy) is 1. The topological polar surface area (TPSA) is 88.8 Å². The second-order valence-corrected chi connectivity index (χ2v) is 12.5. The van der Waals surface area contributed by atoms with Crippen LogP contribution in [-0.4, -0.2) is 83.6 Å². The van der Waals surface area contributed by atoms with Gasteiger partial charge in [-0.15, -0.1) is 0 Å². The van der Waals surface area contributed by atoms with Gasteiger partial charge in [-0.05, 0) is 63.2 Å². The van der Waals surface area contributed by atoms with Crippen LogP contribution in [0.4, 0.5) is 11.5 Å². The molecule has 2 aliphatic heterocycles. The maximum atomic E-state index is 12.6. The fourth-order valence-corrected chi connectivity index (χ4v) is 7.01. The van der Waals surface area contributed by atoms with E-state index in [0.29, 0.717) is 38.2 Å². The summed E-state index contributed by atoms with van der Waals surface area (Å²) < 4.78 is 6.44. The highest BCUT2D eigenvalue weighted by Crippen LogP contribution is 2.36. The van der Waals surface area contributed by atoms with Crippen molar-refractivity contribution in [3.8, 4) is 12.1 Å². The van der Waals surface area contributed by atoms with Crippen LogP contribution in [-0.2, 0) is 17.8 Å². The van der Waals surface area contributed by atoms with Gasteiger partial charge in [-0.25, -0.2) is 0 Å². The van der Waals surface area contributed by atoms with Crippen LogP contribution in [0.15, 0.2) is 49.1 Å². The first kappa shape index (κ1) is 29.9. The number of aromatic nitrogens is 2. The molecule has 230 valence electrons. The van der Waals surface area contributed by atoms with Crippen molar-refractivity contribution < 1.29 is 9.53 Å². The van der Waals surface area contributed by atoms with Crippen molar-refractivity contribution in [2.75, 3.05) is 49.6 Å². The van der Waals surface area contributed by atoms with Crippen LogP contribution in [0, 0.1) is 18.3 Å². The summed E-state index contributed by atoms with van der Waals surface area (Å²) in [5.74, 6) is 0.732. The molecule has 9 heteroatoms. The molecule has 9 nitrogen and oxygen atoms in total. The summed E-state index contributed by atoms with van der Waals surface area (Å²) in [6.45, 7) is 11.9. The van der Waals surface area contributed by atoms with Gasteiger partial charge in [0.1, 0.15) is 11.9 Å². The zero-order valence-electron chi connectivity index (χ0n) is 26.2. The van der Waals surface area contributed by atoms with Crippen LogP contribution in [0.1, 0.15) is 49.4 Å². The summed E-state index contributed by atoms with van der Waals surface area (Å²) >= 11 is 0. The fourth-order valence-electron chi connectivity index (χ4n) is 7.01. The largest absolute Gasteiger partial charge is 0.459 e. The Morgan fingerprint density at radius 3 is 2.70 bits per heavy atom. The summed E-state index contributed by atoms with van der Waals surface area (Å²) in [4.78, 5) is 31.4. The summed E-state index contributed by atoms with van der Waals surface area (Å²) in [5.41, 5.74) is 4.58. The highest BCUT2D eigenvalue weighted by atomic mass is 16.5. The van der Waals surface area contributed by atoms with Crippen LogP contribution in [0.25, 0.3) is 10.8 Å². The first-order chi connectivity index (χ1) is 21.4. The highest BCUT2D eigenvalue weighted by Gasteiger charge is 2.34. The molecule has 44 heavy (non-hydrogen) atoms. The normalized spacial score (nSPS) is 19.3. The van der Waals surface area contributed by atoms with Gasteiger partial charge in [0, 0.05) is 55.4 Å². The van der Waals surface area contributed by atoms with Crippen LogP contribution in [0.5, 0.6) is 6.01 Å². The van der Waals surface area contributed by atoms with Crippen molar-refractivity contribution >= 4 is 28.2 Å². The van der Waals surface area contributed by atoms with Crippen molar-refractivity contribution in [3.05, 3.63) is 65.9 Å². The molecule has 3 heterocycles. The first-order valence-electron chi connectivity index (χ1n) is 15.9. The molecule has 1 aromatic heterocycles. The van der Waals surface area contributed by atoms with E-state index < -0.39 is 0 Å². The van der Waals surface area contributed by atoms with Crippen molar-refractivity contribution in [3.63, 3.8) is 0 Å². The fraction of sp³-hybridized carbons (Fsp3) is 0.486. The SMILES string of the molecule is C=CC(=O)N1CCN(c2nc(O[C@H](C)CN(C)C3CCC3)nc3c2CCN(c2cccc4cccc(C)c24)C3)CC1CC#N. The molecule has 0 spiro atoms. The summed E-state index contributed by atoms with van der Waals surface area (Å²) in [6, 6.07) is 16.0. The van der Waals surface area contributed by atoms with Crippen molar-refractivity contribution in [1.82, 2.24) is 19.8 Å². The number of likely N-dealkylation sites (N-methyl/N-ethyl adjacent to an activating group) is 1. The molecule has 2 fully saturated rings. The van der Waals surface area contributed by atoms with Crippen LogP contribution < -0.4 is 14.5 Å². The van der Waals surface area contributed by atoms with Gasteiger partial charge in [-0.3, -0.25) is 9.69 Å². The van der Waals surface area contributed by atoms with Gasteiger partial charge in [-0.1, -0.05) is 43.3 Å². The molecule has 1 unspecified atom stereocenters. The molecule has 2 atom stereocenters. The number of nitrogens with zero attached hydrogens (tertiary/aromatic N) is 7. The molecule has 1 saturated heterocycles. The number of rotatable bonds is 9. The number of hydrogen-bond acceptors (Lipinski definition) is 8. The second-order valence-electron chi connectivity index (χ2n) is 12.5. The Hall–Kier alpha value is -4.16. The average molecular weight is 594 g/mol. The molecular weight excluding hydrogens is 550 g/mol. The Morgan fingerprint density at radius 2 is 1.98 bits per heavy atom. The predicted octanol–water partition coefficient (Wildman–Crippen LogP) is 4.87. The van der Waals surface area contributed by atoms with E-state index in [9.17, 15) is 10.1 Å². The smallest absolute Gasteiger partial charge is 0.318 e. The third-order valence-electron chi connectivity index (χ3n) is 9.57. The summed E-state index contributed by atoms with van der Waals surface area (Å²) in [6.07, 6.45) is 6.11. The number of aryl methyl sites for hydroxylation is 1. The molecule has 0 bridgehead atoms. The van der Waals surface area contributed by atoms with Gasteiger partial charge in [-0.2, -0.15) is 15.2 Å². The van der Waals surface area contributed by atoms with Crippen molar-refractivity contribution in [1.29, 1.82) is 5.26 Å². The summed E-state index contributed by atoms with van der Waals surface area (Å²) in [7, 11) is 2.17. The number of nitriles is 1. The molecule has 6 rings (SSSR count). The Kier molecular flexibility index (Phi) is 8.72. The third kappa shape index (κ3) is 5.96. The van der Waals surface area contributed by atoms with Gasteiger partial charge in [0.05, 0.1) is 30.8 Å². The third-order valence-corrected chi connectivity index (χ3v) is 9.57. The van der Waals surface area contributed by atoms with E-state index >= 15 is 0 Å². The minimum absolute atomic E-state index is 0.0692. The molecule has 1 aliphatic carbocycles. The zero-order chi connectivity index (χ0) is 30.8. The molecule has 0 radical (unpaired) electrons. The van der Waals surface area contributed by atoms with Crippen molar-refractivity contribution in [2.24, 2.45) is 0 Å². The number of anilines is 2. The lowest BCUT2D eigenvalue weighted by atomic mass is 9.92. The Balaban J connectivity index is 1.33. The Bertz CT molecular complexity index is 1570. The molecule has 3 aromatic rings. The monoisotopic (exact) mass is 593 g/mol. The number of piperazine rings is 1. The van der Waals surface area contributed by atoms with E-state index in [0.717, 1.165) is 36.6 Å². The van der Waals surface area contributed by atoms with Gasteiger partial charge < -0.3 is 19.4 Å². The number of hydrogen-bond donors (Lipinski definition) is 0. The Labute approximate surface area is 260 Å². The number of amides is 1. The van der Waals surface area contributed by atoms with Crippen LogP contribution in [0.3, 0.4) is 0 Å². The number of fused-ring (bicyclic) bond motifs is 2. The van der Waals surface area contributed by atoms with Crippen LogP contribution in [0.2, 0.25) is 0 Å². The van der Waals surface area contributed by atoms with Crippen molar-refractivity contribution in [2.45, 2.75) is 70.7 Å². The number of carbonyl (C=O) groups is 1. The maximum Gasteiger partial charge on any atom is 0.318 e. The average Bonchev–Trinajstić information content (AvgIpc) is 2.99. The molecule has 2 aromatic carbocycles. The van der Waals surface area contributed by atoms with Gasteiger partial charge in [0.25, 0.3) is 0 Å². The van der Waals surface area contributed by atoms with E-state index in [1.165, 1.54) is 47.4 Å². The first-order valence-corrected chi connectivity index (χ1v) is 15.9. The van der Waals surface area contributed by atoms with E-state index in [2.05, 4.69) is 84.6 Å². The molecular formula is C35H43N7O2. The van der Waals surface area contributed by atoms with Gasteiger partial charge in [0.15, 0.2) is 0 Å². The molecule has 1 saturated carbocycles. The minimum Gasteiger partial charge on any atom is -0.459 e. The lowest BCUT2D eigenvalue weighted by molar-refractivity contribution is -0.128. The lowest BCUT2D eigenvalue weighted by Crippen LogP contribution is -2.55. The van der Waals surface area contributed by atoms with E-state index in [1.54, 1.807) is 4.90 Å². The summed E-state index contributed by atoms with van der Waals surface area (Å²) in [5, 5.41) is 12.1. The minimum atomic E-state index is -0.233. The Morgan fingerprint density at radius 1 is 1.18 bits per heavy atom. The number of carbonyl (C=O) groups excluding carboxylic acids is 1. The number of benzene rings is 2. The lowest BCUT2D eigenvalue weighted by Gasteiger charge is -2.42. The molecule has 0 N–H and O–H groups in total.